The van der Waals surface area contributed by atoms with Crippen molar-refractivity contribution in [2.45, 2.75) is 33.1 Å². The summed E-state index contributed by atoms with van der Waals surface area (Å²) in [6.45, 7) is 8.95. The fourth-order valence-electron chi connectivity index (χ4n) is 4.75. The highest BCUT2D eigenvalue weighted by molar-refractivity contribution is 7.22. The number of aromatic nitrogens is 1. The lowest BCUT2D eigenvalue weighted by molar-refractivity contribution is 0.596. The number of hydrogen-bond acceptors (Lipinski definition) is 3. The molecule has 6 rings (SSSR count). The van der Waals surface area contributed by atoms with Crippen LogP contribution in [-0.2, 0) is 5.41 Å². The van der Waals surface area contributed by atoms with Gasteiger partial charge in [-0.05, 0) is 64.4 Å². The van der Waals surface area contributed by atoms with Crippen LogP contribution in [0, 0.1) is 6.92 Å². The largest absolute Gasteiger partial charge is 0.453 e. The molecule has 3 aromatic carbocycles. The van der Waals surface area contributed by atoms with E-state index in [1.165, 1.54) is 26.4 Å². The number of pyridine rings is 1. The smallest absolute Gasteiger partial charge is 0.161 e. The molecule has 0 aliphatic carbocycles. The van der Waals surface area contributed by atoms with Crippen LogP contribution in [0.15, 0.2) is 83.4 Å². The van der Waals surface area contributed by atoms with Crippen LogP contribution < -0.4 is 0 Å². The van der Waals surface area contributed by atoms with E-state index >= 15 is 0 Å². The minimum Gasteiger partial charge on any atom is -0.453 e. The van der Waals surface area contributed by atoms with Gasteiger partial charge in [0.1, 0.15) is 11.5 Å². The maximum atomic E-state index is 6.59. The number of furan rings is 1. The molecular formula is C30H25NOS. The summed E-state index contributed by atoms with van der Waals surface area (Å²) in [4.78, 5) is 5.96. The molecule has 3 heterocycles. The first-order valence-electron chi connectivity index (χ1n) is 11.3. The van der Waals surface area contributed by atoms with Gasteiger partial charge in [-0.3, -0.25) is 4.98 Å². The van der Waals surface area contributed by atoms with Crippen molar-refractivity contribution >= 4 is 43.2 Å². The molecule has 162 valence electrons. The summed E-state index contributed by atoms with van der Waals surface area (Å²) < 4.78 is 7.86. The lowest BCUT2D eigenvalue weighted by Crippen LogP contribution is -2.12. The predicted octanol–water partition coefficient (Wildman–Crippen LogP) is 9.14. The lowest BCUT2D eigenvalue weighted by Gasteiger charge is -2.22. The van der Waals surface area contributed by atoms with E-state index in [0.29, 0.717) is 0 Å². The molecule has 0 aliphatic rings. The SMILES string of the molecule is Cc1c(-c2cc3ccccc3s2)oc2c(-c3cc(C(C)(C)C)c4ccccc4c3)nccc12. The van der Waals surface area contributed by atoms with Crippen molar-refractivity contribution in [2.24, 2.45) is 0 Å². The Morgan fingerprint density at radius 1 is 0.818 bits per heavy atom. The maximum absolute atomic E-state index is 6.59. The van der Waals surface area contributed by atoms with Gasteiger partial charge in [0.2, 0.25) is 0 Å². The number of fused-ring (bicyclic) bond motifs is 3. The standard InChI is InChI=1S/C30H25NOS/c1-18-22-13-14-31-27(21-15-19-9-5-7-11-23(19)24(16-21)30(2,3)4)29(22)32-28(18)26-17-20-10-6-8-12-25(20)33-26/h5-17H,1-4H3. The minimum atomic E-state index is 0.0187. The lowest BCUT2D eigenvalue weighted by atomic mass is 9.82. The monoisotopic (exact) mass is 447 g/mol. The number of rotatable bonds is 2. The molecule has 0 N–H and O–H groups in total. The number of thiophene rings is 1. The molecule has 0 spiro atoms. The van der Waals surface area contributed by atoms with Gasteiger partial charge in [-0.15, -0.1) is 11.3 Å². The van der Waals surface area contributed by atoms with Crippen LogP contribution in [0.25, 0.3) is 53.7 Å². The third-order valence-corrected chi connectivity index (χ3v) is 7.56. The Morgan fingerprint density at radius 2 is 1.58 bits per heavy atom. The molecular weight excluding hydrogens is 422 g/mol. The average Bonchev–Trinajstić information content (AvgIpc) is 3.38. The Hall–Kier alpha value is -3.43. The molecule has 3 heteroatoms. The summed E-state index contributed by atoms with van der Waals surface area (Å²) in [5.41, 5.74) is 5.36. The van der Waals surface area contributed by atoms with E-state index in [0.717, 1.165) is 38.4 Å². The zero-order valence-corrected chi connectivity index (χ0v) is 20.1. The molecule has 6 aromatic rings. The van der Waals surface area contributed by atoms with Crippen LogP contribution >= 0.6 is 11.3 Å². The summed E-state index contributed by atoms with van der Waals surface area (Å²) >= 11 is 1.77. The third-order valence-electron chi connectivity index (χ3n) is 6.45. The molecule has 0 fully saturated rings. The maximum Gasteiger partial charge on any atom is 0.161 e. The zero-order chi connectivity index (χ0) is 22.7. The summed E-state index contributed by atoms with van der Waals surface area (Å²) in [7, 11) is 0. The first-order valence-corrected chi connectivity index (χ1v) is 12.1. The Bertz CT molecular complexity index is 1630. The van der Waals surface area contributed by atoms with E-state index in [2.05, 4.69) is 100 Å². The van der Waals surface area contributed by atoms with Gasteiger partial charge in [-0.2, -0.15) is 0 Å². The van der Waals surface area contributed by atoms with Gasteiger partial charge in [-0.25, -0.2) is 0 Å². The second-order valence-corrected chi connectivity index (χ2v) is 10.8. The van der Waals surface area contributed by atoms with Crippen LogP contribution in [0.2, 0.25) is 0 Å². The van der Waals surface area contributed by atoms with Crippen LogP contribution in [0.1, 0.15) is 31.9 Å². The van der Waals surface area contributed by atoms with E-state index in [1.807, 2.05) is 6.20 Å². The summed E-state index contributed by atoms with van der Waals surface area (Å²) in [5.74, 6) is 0.942. The first-order chi connectivity index (χ1) is 15.9. The number of hydrogen-bond donors (Lipinski definition) is 0. The fraction of sp³-hybridized carbons (Fsp3) is 0.167. The van der Waals surface area contributed by atoms with E-state index in [4.69, 9.17) is 9.40 Å². The predicted molar refractivity (Wildman–Crippen MR) is 141 cm³/mol. The second-order valence-electron chi connectivity index (χ2n) is 9.74. The van der Waals surface area contributed by atoms with E-state index in [1.54, 1.807) is 11.3 Å². The number of benzene rings is 3. The second kappa shape index (κ2) is 7.29. The van der Waals surface area contributed by atoms with Crippen molar-refractivity contribution in [3.05, 3.63) is 90.1 Å². The molecule has 0 amide bonds. The van der Waals surface area contributed by atoms with E-state index in [-0.39, 0.29) is 5.41 Å². The summed E-state index contributed by atoms with van der Waals surface area (Å²) in [6.07, 6.45) is 1.90. The summed E-state index contributed by atoms with van der Waals surface area (Å²) in [5, 5.41) is 4.90. The minimum absolute atomic E-state index is 0.0187. The van der Waals surface area contributed by atoms with Gasteiger partial charge in [0.05, 0.1) is 4.88 Å². The van der Waals surface area contributed by atoms with E-state index in [9.17, 15) is 0 Å². The Labute approximate surface area is 197 Å². The normalized spacial score (nSPS) is 12.2. The number of nitrogens with zero attached hydrogens (tertiary/aromatic N) is 1. The Balaban J connectivity index is 1.60. The first kappa shape index (κ1) is 20.2. The van der Waals surface area contributed by atoms with Crippen LogP contribution in [0.5, 0.6) is 0 Å². The number of aryl methyl sites for hydroxylation is 1. The van der Waals surface area contributed by atoms with Gasteiger partial charge < -0.3 is 4.42 Å². The van der Waals surface area contributed by atoms with Crippen molar-refractivity contribution in [2.75, 3.05) is 0 Å². The van der Waals surface area contributed by atoms with Crippen molar-refractivity contribution < 1.29 is 4.42 Å². The Morgan fingerprint density at radius 3 is 2.36 bits per heavy atom. The molecule has 0 atom stereocenters. The fourth-order valence-corrected chi connectivity index (χ4v) is 5.85. The van der Waals surface area contributed by atoms with Crippen molar-refractivity contribution in [3.8, 4) is 21.9 Å². The van der Waals surface area contributed by atoms with Gasteiger partial charge in [0, 0.05) is 27.4 Å². The molecule has 0 saturated carbocycles. The third kappa shape index (κ3) is 3.27. The molecule has 2 nitrogen and oxygen atoms in total. The molecule has 0 unspecified atom stereocenters. The molecule has 0 saturated heterocycles. The topological polar surface area (TPSA) is 26.0 Å². The zero-order valence-electron chi connectivity index (χ0n) is 19.3. The van der Waals surface area contributed by atoms with Crippen LogP contribution in [-0.4, -0.2) is 4.98 Å². The van der Waals surface area contributed by atoms with Gasteiger partial charge >= 0.3 is 0 Å². The van der Waals surface area contributed by atoms with Crippen molar-refractivity contribution in [3.63, 3.8) is 0 Å². The van der Waals surface area contributed by atoms with Gasteiger partial charge in [0.25, 0.3) is 0 Å². The van der Waals surface area contributed by atoms with Crippen LogP contribution in [0.4, 0.5) is 0 Å². The quantitative estimate of drug-likeness (QED) is 0.264. The Kier molecular flexibility index (Phi) is 4.46. The van der Waals surface area contributed by atoms with Gasteiger partial charge in [0.15, 0.2) is 5.58 Å². The van der Waals surface area contributed by atoms with Crippen molar-refractivity contribution in [1.82, 2.24) is 4.98 Å². The molecule has 33 heavy (non-hydrogen) atoms. The molecule has 0 radical (unpaired) electrons. The average molecular weight is 448 g/mol. The highest BCUT2D eigenvalue weighted by Crippen LogP contribution is 2.42. The van der Waals surface area contributed by atoms with E-state index < -0.39 is 0 Å². The molecule has 3 aromatic heterocycles. The highest BCUT2D eigenvalue weighted by atomic mass is 32.1. The van der Waals surface area contributed by atoms with Crippen molar-refractivity contribution in [1.29, 1.82) is 0 Å². The summed E-state index contributed by atoms with van der Waals surface area (Å²) in [6, 6.07) is 25.9. The molecule has 0 bridgehead atoms. The van der Waals surface area contributed by atoms with Gasteiger partial charge in [-0.1, -0.05) is 63.2 Å². The van der Waals surface area contributed by atoms with Crippen LogP contribution in [0.3, 0.4) is 0 Å². The highest BCUT2D eigenvalue weighted by Gasteiger charge is 2.22. The molecule has 0 aliphatic heterocycles.